The molecule has 0 saturated carbocycles. The molecular weight excluding hydrogens is 270 g/mol. The number of nitrogens with zero attached hydrogens (tertiary/aromatic N) is 1. The Morgan fingerprint density at radius 3 is 2.14 bits per heavy atom. The van der Waals surface area contributed by atoms with Crippen LogP contribution in [-0.4, -0.2) is 40.7 Å². The highest BCUT2D eigenvalue weighted by molar-refractivity contribution is 5.77. The lowest BCUT2D eigenvalue weighted by atomic mass is 9.82. The van der Waals surface area contributed by atoms with Gasteiger partial charge in [0.1, 0.15) is 0 Å². The summed E-state index contributed by atoms with van der Waals surface area (Å²) in [6.07, 6.45) is 4.29. The minimum absolute atomic E-state index is 0.151. The van der Waals surface area contributed by atoms with Gasteiger partial charge in [-0.3, -0.25) is 10.2 Å². The van der Waals surface area contributed by atoms with Crippen molar-refractivity contribution in [3.63, 3.8) is 0 Å². The first-order chi connectivity index (χ1) is 9.86. The van der Waals surface area contributed by atoms with Crippen molar-refractivity contribution in [3.05, 3.63) is 0 Å². The summed E-state index contributed by atoms with van der Waals surface area (Å²) in [5.41, 5.74) is 1.99. The molecule has 1 aliphatic heterocycles. The molecule has 1 aliphatic rings. The van der Waals surface area contributed by atoms with Gasteiger partial charge in [0, 0.05) is 18.6 Å². The summed E-state index contributed by atoms with van der Waals surface area (Å²) >= 11 is 0. The van der Waals surface area contributed by atoms with Gasteiger partial charge >= 0.3 is 12.0 Å². The van der Waals surface area contributed by atoms with Gasteiger partial charge in [-0.2, -0.15) is 0 Å². The van der Waals surface area contributed by atoms with Crippen LogP contribution in [0, 0.1) is 5.41 Å². The smallest absolute Gasteiger partial charge is 0.329 e. The fourth-order valence-electron chi connectivity index (χ4n) is 2.93. The zero-order valence-corrected chi connectivity index (χ0v) is 13.6. The topological polar surface area (TPSA) is 81.7 Å². The van der Waals surface area contributed by atoms with Crippen LogP contribution in [0.2, 0.25) is 0 Å². The first kappa shape index (κ1) is 17.8. The van der Waals surface area contributed by atoms with Crippen LogP contribution in [0.5, 0.6) is 0 Å². The number of hydrogen-bond donors (Lipinski definition) is 3. The molecule has 2 atom stereocenters. The molecule has 6 heteroatoms. The summed E-state index contributed by atoms with van der Waals surface area (Å²) in [5.74, 6) is -0.854. The predicted octanol–water partition coefficient (Wildman–Crippen LogP) is 2.35. The number of amides is 2. The Bertz CT molecular complexity index is 359. The highest BCUT2D eigenvalue weighted by Gasteiger charge is 2.35. The summed E-state index contributed by atoms with van der Waals surface area (Å²) in [6, 6.07) is 0.297. The average molecular weight is 299 g/mol. The van der Waals surface area contributed by atoms with Gasteiger partial charge in [0.05, 0.1) is 5.41 Å². The monoisotopic (exact) mass is 299 g/mol. The second kappa shape index (κ2) is 7.64. The van der Waals surface area contributed by atoms with E-state index >= 15 is 0 Å². The number of rotatable bonds is 6. The normalized spacial score (nSPS) is 23.6. The first-order valence-corrected chi connectivity index (χ1v) is 7.92. The molecule has 0 bridgehead atoms. The molecule has 0 spiro atoms. The van der Waals surface area contributed by atoms with Crippen LogP contribution in [0.25, 0.3) is 0 Å². The number of hydrogen-bond acceptors (Lipinski definition) is 3. The van der Waals surface area contributed by atoms with Crippen molar-refractivity contribution >= 4 is 12.0 Å². The van der Waals surface area contributed by atoms with Crippen molar-refractivity contribution < 1.29 is 14.7 Å². The third-order valence-electron chi connectivity index (χ3n) is 4.82. The zero-order chi connectivity index (χ0) is 16.0. The third-order valence-corrected chi connectivity index (χ3v) is 4.82. The fourth-order valence-corrected chi connectivity index (χ4v) is 2.93. The van der Waals surface area contributed by atoms with E-state index in [-0.39, 0.29) is 12.6 Å². The summed E-state index contributed by atoms with van der Waals surface area (Å²) in [4.78, 5) is 23.5. The molecule has 6 nitrogen and oxygen atoms in total. The van der Waals surface area contributed by atoms with Crippen LogP contribution in [0.4, 0.5) is 4.79 Å². The van der Waals surface area contributed by atoms with Gasteiger partial charge in [0.25, 0.3) is 0 Å². The molecule has 0 aromatic heterocycles. The molecule has 21 heavy (non-hydrogen) atoms. The van der Waals surface area contributed by atoms with E-state index in [1.165, 1.54) is 6.42 Å². The van der Waals surface area contributed by atoms with Gasteiger partial charge in [-0.05, 0) is 39.5 Å². The van der Waals surface area contributed by atoms with Gasteiger partial charge < -0.3 is 10.4 Å². The highest BCUT2D eigenvalue weighted by Crippen LogP contribution is 2.25. The predicted molar refractivity (Wildman–Crippen MR) is 81.8 cm³/mol. The molecule has 3 N–H and O–H groups in total. The Morgan fingerprint density at radius 2 is 1.71 bits per heavy atom. The van der Waals surface area contributed by atoms with Crippen molar-refractivity contribution in [1.82, 2.24) is 15.8 Å². The molecule has 0 radical (unpaired) electrons. The first-order valence-electron chi connectivity index (χ1n) is 7.92. The number of carboxylic acid groups (broad SMARTS) is 1. The van der Waals surface area contributed by atoms with E-state index in [2.05, 4.69) is 24.6 Å². The maximum Gasteiger partial charge on any atom is 0.329 e. The van der Waals surface area contributed by atoms with Gasteiger partial charge in [-0.15, -0.1) is 0 Å². The van der Waals surface area contributed by atoms with Gasteiger partial charge in [-0.25, -0.2) is 9.80 Å². The minimum Gasteiger partial charge on any atom is -0.481 e. The molecule has 1 rings (SSSR count). The van der Waals surface area contributed by atoms with Crippen LogP contribution in [0.3, 0.4) is 0 Å². The summed E-state index contributed by atoms with van der Waals surface area (Å²) in [6.45, 7) is 8.01. The summed E-state index contributed by atoms with van der Waals surface area (Å²) in [5, 5.41) is 14.1. The minimum atomic E-state index is -0.879. The van der Waals surface area contributed by atoms with Crippen LogP contribution < -0.4 is 10.7 Å². The molecule has 1 heterocycles. The summed E-state index contributed by atoms with van der Waals surface area (Å²) in [7, 11) is 0. The third kappa shape index (κ3) is 4.33. The number of carbonyl (C=O) groups excluding carboxylic acids is 1. The lowest BCUT2D eigenvalue weighted by Crippen LogP contribution is -2.57. The molecule has 1 saturated heterocycles. The molecular formula is C15H29N3O3. The Morgan fingerprint density at radius 1 is 1.19 bits per heavy atom. The number of hydrazine groups is 1. The molecule has 0 aromatic carbocycles. The van der Waals surface area contributed by atoms with E-state index in [0.29, 0.717) is 24.9 Å². The van der Waals surface area contributed by atoms with E-state index in [9.17, 15) is 14.7 Å². The van der Waals surface area contributed by atoms with Crippen molar-refractivity contribution in [2.45, 2.75) is 71.9 Å². The maximum absolute atomic E-state index is 12.0. The number of nitrogens with one attached hydrogen (secondary N) is 2. The maximum atomic E-state index is 12.0. The second-order valence-electron chi connectivity index (χ2n) is 6.12. The average Bonchev–Trinajstić information content (AvgIpc) is 2.44. The van der Waals surface area contributed by atoms with E-state index in [0.717, 1.165) is 12.8 Å². The largest absolute Gasteiger partial charge is 0.481 e. The van der Waals surface area contributed by atoms with E-state index in [1.807, 2.05) is 18.9 Å². The number of carboxylic acids is 1. The van der Waals surface area contributed by atoms with Crippen LogP contribution >= 0.6 is 0 Å². The molecule has 122 valence electrons. The second-order valence-corrected chi connectivity index (χ2v) is 6.12. The van der Waals surface area contributed by atoms with Crippen molar-refractivity contribution in [2.24, 2.45) is 5.41 Å². The number of piperidine rings is 1. The van der Waals surface area contributed by atoms with Crippen molar-refractivity contribution in [1.29, 1.82) is 0 Å². The van der Waals surface area contributed by atoms with Crippen molar-refractivity contribution in [3.8, 4) is 0 Å². The van der Waals surface area contributed by atoms with Crippen LogP contribution in [0.1, 0.15) is 59.8 Å². The Labute approximate surface area is 127 Å². The Kier molecular flexibility index (Phi) is 6.45. The standard InChI is InChI=1S/C15H29N3O3/c1-5-15(6-2,13(19)20)10-16-14(21)17-18-11(3)8-7-9-12(18)4/h11-12H,5-10H2,1-4H3,(H,19,20)(H2,16,17,21). The highest BCUT2D eigenvalue weighted by atomic mass is 16.4. The Hall–Kier alpha value is -1.30. The SMILES string of the molecule is CCC(CC)(CNC(=O)NN1C(C)CCCC1C)C(=O)O. The van der Waals surface area contributed by atoms with E-state index in [4.69, 9.17) is 0 Å². The van der Waals surface area contributed by atoms with E-state index in [1.54, 1.807) is 0 Å². The van der Waals surface area contributed by atoms with Crippen LogP contribution in [-0.2, 0) is 4.79 Å². The zero-order valence-electron chi connectivity index (χ0n) is 13.6. The van der Waals surface area contributed by atoms with Crippen LogP contribution in [0.15, 0.2) is 0 Å². The Balaban J connectivity index is 2.55. The molecule has 0 aromatic rings. The molecule has 1 fully saturated rings. The van der Waals surface area contributed by atoms with Crippen molar-refractivity contribution in [2.75, 3.05) is 6.54 Å². The quantitative estimate of drug-likeness (QED) is 0.703. The lowest BCUT2D eigenvalue weighted by molar-refractivity contribution is -0.149. The lowest BCUT2D eigenvalue weighted by Gasteiger charge is -2.39. The van der Waals surface area contributed by atoms with Gasteiger partial charge in [-0.1, -0.05) is 20.3 Å². The number of aliphatic carboxylic acids is 1. The molecule has 0 aliphatic carbocycles. The van der Waals surface area contributed by atoms with Gasteiger partial charge in [0.2, 0.25) is 0 Å². The number of carbonyl (C=O) groups is 2. The number of urea groups is 1. The van der Waals surface area contributed by atoms with E-state index < -0.39 is 11.4 Å². The molecule has 2 unspecified atom stereocenters. The van der Waals surface area contributed by atoms with Gasteiger partial charge in [0.15, 0.2) is 0 Å². The fraction of sp³-hybridized carbons (Fsp3) is 0.867. The molecule has 2 amide bonds. The summed E-state index contributed by atoms with van der Waals surface area (Å²) < 4.78 is 0.